The first-order valence-electron chi connectivity index (χ1n) is 6.47. The summed E-state index contributed by atoms with van der Waals surface area (Å²) in [6.07, 6.45) is 4.30. The first kappa shape index (κ1) is 12.0. The third-order valence-electron chi connectivity index (χ3n) is 3.70. The Balaban J connectivity index is 1.62. The summed E-state index contributed by atoms with van der Waals surface area (Å²) < 4.78 is 0. The molecule has 2 aliphatic rings. The van der Waals surface area contributed by atoms with Crippen LogP contribution in [0.25, 0.3) is 0 Å². The molecular weight excluding hydrogens is 250 g/mol. The number of piperazine rings is 1. The third kappa shape index (κ3) is 2.52. The zero-order valence-electron chi connectivity index (χ0n) is 10.3. The molecule has 1 saturated heterocycles. The number of nitrogens with zero attached hydrogens (tertiary/aromatic N) is 4. The standard InChI is InChI=1S/C12H18ClN5/c13-11-10(14)12(16-8-15-11)18-5-3-17(4-6-18)7-9-1-2-9/h8-9H,1-7,14H2. The fraction of sp³-hybridized carbons (Fsp3) is 0.667. The summed E-state index contributed by atoms with van der Waals surface area (Å²) in [5, 5.41) is 0.348. The maximum Gasteiger partial charge on any atom is 0.157 e. The maximum absolute atomic E-state index is 5.93. The van der Waals surface area contributed by atoms with Crippen LogP contribution in [0.1, 0.15) is 12.8 Å². The van der Waals surface area contributed by atoms with Gasteiger partial charge in [0.15, 0.2) is 11.0 Å². The molecular formula is C12H18ClN5. The second-order valence-electron chi connectivity index (χ2n) is 5.13. The highest BCUT2D eigenvalue weighted by Gasteiger charge is 2.27. The zero-order valence-corrected chi connectivity index (χ0v) is 11.1. The highest BCUT2D eigenvalue weighted by Crippen LogP contribution is 2.31. The van der Waals surface area contributed by atoms with Gasteiger partial charge in [-0.2, -0.15) is 0 Å². The van der Waals surface area contributed by atoms with Crippen LogP contribution in [-0.2, 0) is 0 Å². The van der Waals surface area contributed by atoms with Crippen LogP contribution in [0.4, 0.5) is 11.5 Å². The lowest BCUT2D eigenvalue weighted by atomic mass is 10.2. The minimum absolute atomic E-state index is 0.348. The summed E-state index contributed by atoms with van der Waals surface area (Å²) in [4.78, 5) is 12.9. The second-order valence-corrected chi connectivity index (χ2v) is 5.49. The molecule has 0 bridgehead atoms. The molecule has 0 aromatic carbocycles. The van der Waals surface area contributed by atoms with Crippen LogP contribution in [0.5, 0.6) is 0 Å². The predicted octanol–water partition coefficient (Wildman–Crippen LogP) is 1.24. The average molecular weight is 268 g/mol. The summed E-state index contributed by atoms with van der Waals surface area (Å²) in [7, 11) is 0. The van der Waals surface area contributed by atoms with Gasteiger partial charge in [-0.3, -0.25) is 4.90 Å². The number of nitrogen functional groups attached to an aromatic ring is 1. The Morgan fingerprint density at radius 2 is 1.94 bits per heavy atom. The average Bonchev–Trinajstić information content (AvgIpc) is 3.18. The van der Waals surface area contributed by atoms with Gasteiger partial charge in [0.1, 0.15) is 12.0 Å². The van der Waals surface area contributed by atoms with Gasteiger partial charge >= 0.3 is 0 Å². The van der Waals surface area contributed by atoms with Crippen molar-refractivity contribution in [3.05, 3.63) is 11.5 Å². The van der Waals surface area contributed by atoms with E-state index in [0.29, 0.717) is 10.8 Å². The Bertz CT molecular complexity index is 426. The highest BCUT2D eigenvalue weighted by atomic mass is 35.5. The van der Waals surface area contributed by atoms with E-state index in [1.54, 1.807) is 0 Å². The van der Waals surface area contributed by atoms with Gasteiger partial charge in [-0.15, -0.1) is 0 Å². The first-order chi connectivity index (χ1) is 8.74. The van der Waals surface area contributed by atoms with E-state index in [0.717, 1.165) is 37.9 Å². The summed E-state index contributed by atoms with van der Waals surface area (Å²) in [5.74, 6) is 1.73. The highest BCUT2D eigenvalue weighted by molar-refractivity contribution is 6.32. The molecule has 0 amide bonds. The summed E-state index contributed by atoms with van der Waals surface area (Å²) >= 11 is 5.93. The number of hydrogen-bond acceptors (Lipinski definition) is 5. The fourth-order valence-electron chi connectivity index (χ4n) is 2.43. The van der Waals surface area contributed by atoms with Crippen LogP contribution in [0.3, 0.4) is 0 Å². The van der Waals surface area contributed by atoms with E-state index in [2.05, 4.69) is 19.8 Å². The molecule has 6 heteroatoms. The van der Waals surface area contributed by atoms with Gasteiger partial charge < -0.3 is 10.6 Å². The minimum Gasteiger partial charge on any atom is -0.393 e. The van der Waals surface area contributed by atoms with E-state index in [9.17, 15) is 0 Å². The molecule has 1 aromatic rings. The molecule has 1 aliphatic heterocycles. The van der Waals surface area contributed by atoms with Gasteiger partial charge in [-0.25, -0.2) is 9.97 Å². The van der Waals surface area contributed by atoms with Crippen LogP contribution < -0.4 is 10.6 Å². The summed E-state index contributed by atoms with van der Waals surface area (Å²) in [6, 6.07) is 0. The van der Waals surface area contributed by atoms with E-state index < -0.39 is 0 Å². The molecule has 0 radical (unpaired) electrons. The largest absolute Gasteiger partial charge is 0.393 e. The number of aromatic nitrogens is 2. The van der Waals surface area contributed by atoms with Crippen molar-refractivity contribution in [1.29, 1.82) is 0 Å². The molecule has 2 N–H and O–H groups in total. The van der Waals surface area contributed by atoms with Gasteiger partial charge in [-0.1, -0.05) is 11.6 Å². The number of rotatable bonds is 3. The SMILES string of the molecule is Nc1c(Cl)ncnc1N1CCN(CC2CC2)CC1. The molecule has 98 valence electrons. The Morgan fingerprint density at radius 1 is 1.22 bits per heavy atom. The number of halogens is 1. The van der Waals surface area contributed by atoms with Crippen LogP contribution in [0.15, 0.2) is 6.33 Å². The second kappa shape index (κ2) is 4.90. The summed E-state index contributed by atoms with van der Waals surface area (Å²) in [6.45, 7) is 5.34. The van der Waals surface area contributed by atoms with Crippen molar-refractivity contribution in [2.75, 3.05) is 43.4 Å². The maximum atomic E-state index is 5.93. The molecule has 0 spiro atoms. The molecule has 3 rings (SSSR count). The van der Waals surface area contributed by atoms with E-state index in [1.807, 2.05) is 0 Å². The molecule has 0 unspecified atom stereocenters. The van der Waals surface area contributed by atoms with Crippen LogP contribution in [0, 0.1) is 5.92 Å². The van der Waals surface area contributed by atoms with Crippen molar-refractivity contribution >= 4 is 23.1 Å². The fourth-order valence-corrected chi connectivity index (χ4v) is 2.55. The number of nitrogens with two attached hydrogens (primary N) is 1. The van der Waals surface area contributed by atoms with Crippen LogP contribution >= 0.6 is 11.6 Å². The topological polar surface area (TPSA) is 58.3 Å². The van der Waals surface area contributed by atoms with Crippen LogP contribution in [0.2, 0.25) is 5.15 Å². The first-order valence-corrected chi connectivity index (χ1v) is 6.85. The van der Waals surface area contributed by atoms with E-state index in [-0.39, 0.29) is 0 Å². The lowest BCUT2D eigenvalue weighted by Crippen LogP contribution is -2.47. The van der Waals surface area contributed by atoms with Gasteiger partial charge in [0, 0.05) is 32.7 Å². The Morgan fingerprint density at radius 3 is 2.61 bits per heavy atom. The number of anilines is 2. The van der Waals surface area contributed by atoms with Gasteiger partial charge in [0.25, 0.3) is 0 Å². The zero-order chi connectivity index (χ0) is 12.5. The quantitative estimate of drug-likeness (QED) is 0.835. The molecule has 2 fully saturated rings. The van der Waals surface area contributed by atoms with Crippen molar-refractivity contribution in [3.63, 3.8) is 0 Å². The van der Waals surface area contributed by atoms with Crippen molar-refractivity contribution in [1.82, 2.24) is 14.9 Å². The third-order valence-corrected chi connectivity index (χ3v) is 4.00. The normalized spacial score (nSPS) is 21.3. The van der Waals surface area contributed by atoms with Gasteiger partial charge in [0.2, 0.25) is 0 Å². The van der Waals surface area contributed by atoms with E-state index in [4.69, 9.17) is 17.3 Å². The molecule has 18 heavy (non-hydrogen) atoms. The van der Waals surface area contributed by atoms with E-state index in [1.165, 1.54) is 25.7 Å². The molecule has 1 saturated carbocycles. The monoisotopic (exact) mass is 267 g/mol. The van der Waals surface area contributed by atoms with Crippen molar-refractivity contribution in [2.24, 2.45) is 5.92 Å². The molecule has 5 nitrogen and oxygen atoms in total. The van der Waals surface area contributed by atoms with Crippen LogP contribution in [-0.4, -0.2) is 47.6 Å². The smallest absolute Gasteiger partial charge is 0.157 e. The van der Waals surface area contributed by atoms with Gasteiger partial charge in [0.05, 0.1) is 0 Å². The predicted molar refractivity (Wildman–Crippen MR) is 72.8 cm³/mol. The van der Waals surface area contributed by atoms with Crippen molar-refractivity contribution in [2.45, 2.75) is 12.8 Å². The Kier molecular flexibility index (Phi) is 3.26. The molecule has 1 aliphatic carbocycles. The Hall–Kier alpha value is -1.07. The van der Waals surface area contributed by atoms with E-state index >= 15 is 0 Å². The van der Waals surface area contributed by atoms with Gasteiger partial charge in [-0.05, 0) is 18.8 Å². The lowest BCUT2D eigenvalue weighted by Gasteiger charge is -2.35. The molecule has 1 aromatic heterocycles. The van der Waals surface area contributed by atoms with Crippen molar-refractivity contribution < 1.29 is 0 Å². The Labute approximate surface area is 112 Å². The molecule has 0 atom stereocenters. The summed E-state index contributed by atoms with van der Waals surface area (Å²) in [5.41, 5.74) is 6.42. The lowest BCUT2D eigenvalue weighted by molar-refractivity contribution is 0.247. The minimum atomic E-state index is 0.348. The molecule has 2 heterocycles. The number of hydrogen-bond donors (Lipinski definition) is 1. The van der Waals surface area contributed by atoms with Crippen molar-refractivity contribution in [3.8, 4) is 0 Å².